The molecule has 1 saturated heterocycles. The Bertz CT molecular complexity index is 1060. The van der Waals surface area contributed by atoms with Gasteiger partial charge in [0.1, 0.15) is 22.6 Å². The number of rotatable bonds is 6. The van der Waals surface area contributed by atoms with Gasteiger partial charge in [0.2, 0.25) is 5.13 Å². The summed E-state index contributed by atoms with van der Waals surface area (Å²) < 4.78 is 16.1. The summed E-state index contributed by atoms with van der Waals surface area (Å²) in [5.74, 6) is 0.0199. The molecule has 1 aliphatic rings. The van der Waals surface area contributed by atoms with Gasteiger partial charge in [-0.1, -0.05) is 11.3 Å². The molecule has 1 N–H and O–H groups in total. The molecule has 150 valence electrons. The van der Waals surface area contributed by atoms with Gasteiger partial charge in [-0.15, -0.1) is 10.2 Å². The van der Waals surface area contributed by atoms with Crippen LogP contribution in [0.15, 0.2) is 34.7 Å². The Balaban J connectivity index is 1.52. The first-order chi connectivity index (χ1) is 14.0. The molecule has 4 rings (SSSR count). The number of nitrogens with one attached hydrogen (secondary N) is 1. The second-order valence-electron chi connectivity index (χ2n) is 6.21. The number of anilines is 1. The number of nitro benzene ring substituents is 1. The number of furan rings is 1. The number of nitrogens with zero attached hydrogens (tertiary/aromatic N) is 3. The summed E-state index contributed by atoms with van der Waals surface area (Å²) in [4.78, 5) is 23.3. The van der Waals surface area contributed by atoms with Gasteiger partial charge in [-0.05, 0) is 37.1 Å². The standard InChI is InChI=1S/C18H16N4O6S/c1-26-10-4-5-11(12(9-10)22(24)25)13-6-7-14(28-13)16(23)19-18-21-20-17(29-18)15-3-2-8-27-15/h4-7,9,15H,2-3,8H2,1H3,(H,19,21,23). The van der Waals surface area contributed by atoms with Crippen LogP contribution in [0.2, 0.25) is 0 Å². The van der Waals surface area contributed by atoms with Crippen molar-refractivity contribution in [1.82, 2.24) is 10.2 Å². The third-order valence-electron chi connectivity index (χ3n) is 4.36. The fourth-order valence-corrected chi connectivity index (χ4v) is 3.77. The third-order valence-corrected chi connectivity index (χ3v) is 5.29. The number of hydrogen-bond acceptors (Lipinski definition) is 9. The van der Waals surface area contributed by atoms with E-state index >= 15 is 0 Å². The van der Waals surface area contributed by atoms with Crippen molar-refractivity contribution in [1.29, 1.82) is 0 Å². The minimum atomic E-state index is -0.534. The molecule has 0 spiro atoms. The Morgan fingerprint density at radius 3 is 2.93 bits per heavy atom. The van der Waals surface area contributed by atoms with E-state index in [1.807, 2.05) is 0 Å². The van der Waals surface area contributed by atoms with E-state index in [1.54, 1.807) is 6.07 Å². The molecule has 1 atom stereocenters. The molecule has 0 radical (unpaired) electrons. The van der Waals surface area contributed by atoms with Gasteiger partial charge in [-0.2, -0.15) is 0 Å². The second kappa shape index (κ2) is 7.97. The summed E-state index contributed by atoms with van der Waals surface area (Å²) in [7, 11) is 1.42. The molecule has 1 aromatic carbocycles. The number of hydrogen-bond donors (Lipinski definition) is 1. The van der Waals surface area contributed by atoms with Crippen molar-refractivity contribution in [2.75, 3.05) is 19.0 Å². The largest absolute Gasteiger partial charge is 0.497 e. The zero-order valence-corrected chi connectivity index (χ0v) is 16.1. The van der Waals surface area contributed by atoms with Gasteiger partial charge in [0.05, 0.1) is 23.7 Å². The van der Waals surface area contributed by atoms with Crippen LogP contribution in [0.25, 0.3) is 11.3 Å². The molecule has 11 heteroatoms. The van der Waals surface area contributed by atoms with Crippen LogP contribution in [0, 0.1) is 10.1 Å². The first-order valence-corrected chi connectivity index (χ1v) is 9.56. The van der Waals surface area contributed by atoms with Crippen molar-refractivity contribution in [3.63, 3.8) is 0 Å². The summed E-state index contributed by atoms with van der Waals surface area (Å²) >= 11 is 1.24. The Labute approximate surface area is 168 Å². The summed E-state index contributed by atoms with van der Waals surface area (Å²) in [6.07, 6.45) is 1.77. The van der Waals surface area contributed by atoms with Crippen molar-refractivity contribution < 1.29 is 23.6 Å². The van der Waals surface area contributed by atoms with Crippen LogP contribution in [0.5, 0.6) is 5.75 Å². The molecule has 0 bridgehead atoms. The number of nitro groups is 1. The summed E-state index contributed by atoms with van der Waals surface area (Å²) in [5, 5.41) is 23.0. The van der Waals surface area contributed by atoms with Gasteiger partial charge in [-0.3, -0.25) is 20.2 Å². The maximum atomic E-state index is 12.5. The van der Waals surface area contributed by atoms with Crippen molar-refractivity contribution in [3.05, 3.63) is 51.2 Å². The maximum absolute atomic E-state index is 12.5. The quantitative estimate of drug-likeness (QED) is 0.474. The van der Waals surface area contributed by atoms with E-state index in [4.69, 9.17) is 13.9 Å². The average molecular weight is 416 g/mol. The number of amides is 1. The third kappa shape index (κ3) is 3.96. The Hall–Kier alpha value is -3.31. The van der Waals surface area contributed by atoms with Crippen LogP contribution in [0.1, 0.15) is 34.5 Å². The molecule has 1 aliphatic heterocycles. The van der Waals surface area contributed by atoms with Crippen LogP contribution in [0.4, 0.5) is 10.8 Å². The predicted octanol–water partition coefficient (Wildman–Crippen LogP) is 3.82. The van der Waals surface area contributed by atoms with Crippen LogP contribution in [-0.2, 0) is 4.74 Å². The average Bonchev–Trinajstić information content (AvgIpc) is 3.47. The molecule has 1 fully saturated rings. The van der Waals surface area contributed by atoms with Gasteiger partial charge < -0.3 is 13.9 Å². The number of methoxy groups -OCH3 is 1. The number of ether oxygens (including phenoxy) is 2. The molecule has 3 heterocycles. The lowest BCUT2D eigenvalue weighted by Gasteiger charge is -2.03. The molecule has 0 aliphatic carbocycles. The van der Waals surface area contributed by atoms with Crippen molar-refractivity contribution >= 4 is 28.1 Å². The Kier molecular flexibility index (Phi) is 5.23. The summed E-state index contributed by atoms with van der Waals surface area (Å²) in [6, 6.07) is 7.34. The van der Waals surface area contributed by atoms with Crippen LogP contribution in [0.3, 0.4) is 0 Å². The van der Waals surface area contributed by atoms with E-state index < -0.39 is 10.8 Å². The SMILES string of the molecule is COc1ccc(-c2ccc(C(=O)Nc3nnc(C4CCCO4)s3)o2)c([N+](=O)[O-])c1. The van der Waals surface area contributed by atoms with Crippen LogP contribution < -0.4 is 10.1 Å². The fourth-order valence-electron chi connectivity index (χ4n) is 2.95. The highest BCUT2D eigenvalue weighted by Gasteiger charge is 2.24. The van der Waals surface area contributed by atoms with E-state index in [1.165, 1.54) is 42.7 Å². The number of carbonyl (C=O) groups excluding carboxylic acids is 1. The topological polar surface area (TPSA) is 130 Å². The molecule has 10 nitrogen and oxygen atoms in total. The van der Waals surface area contributed by atoms with Crippen LogP contribution in [-0.4, -0.2) is 34.7 Å². The van der Waals surface area contributed by atoms with E-state index in [-0.39, 0.29) is 28.9 Å². The van der Waals surface area contributed by atoms with Gasteiger partial charge >= 0.3 is 0 Å². The lowest BCUT2D eigenvalue weighted by atomic mass is 10.1. The molecular weight excluding hydrogens is 400 g/mol. The van der Waals surface area contributed by atoms with Gasteiger partial charge in [-0.25, -0.2) is 0 Å². The lowest BCUT2D eigenvalue weighted by Crippen LogP contribution is -2.10. The van der Waals surface area contributed by atoms with Gasteiger partial charge in [0, 0.05) is 6.61 Å². The lowest BCUT2D eigenvalue weighted by molar-refractivity contribution is -0.384. The maximum Gasteiger partial charge on any atom is 0.293 e. The highest BCUT2D eigenvalue weighted by Crippen LogP contribution is 2.35. The van der Waals surface area contributed by atoms with Gasteiger partial charge in [0.25, 0.3) is 11.6 Å². The molecule has 3 aromatic rings. The van der Waals surface area contributed by atoms with E-state index in [2.05, 4.69) is 15.5 Å². The molecule has 1 amide bonds. The number of benzene rings is 1. The molecule has 0 saturated carbocycles. The van der Waals surface area contributed by atoms with Crippen molar-refractivity contribution in [3.8, 4) is 17.1 Å². The monoisotopic (exact) mass is 416 g/mol. The molecule has 2 aromatic heterocycles. The number of carbonyl (C=O) groups is 1. The minimum absolute atomic E-state index is 0.000942. The molecule has 1 unspecified atom stereocenters. The minimum Gasteiger partial charge on any atom is -0.497 e. The molecule has 29 heavy (non-hydrogen) atoms. The fraction of sp³-hybridized carbons (Fsp3) is 0.278. The highest BCUT2D eigenvalue weighted by atomic mass is 32.1. The Morgan fingerprint density at radius 2 is 2.21 bits per heavy atom. The molecular formula is C18H16N4O6S. The summed E-state index contributed by atoms with van der Waals surface area (Å²) in [5.41, 5.74) is 0.0578. The first kappa shape index (κ1) is 19.0. The zero-order valence-electron chi connectivity index (χ0n) is 15.3. The second-order valence-corrected chi connectivity index (χ2v) is 7.21. The predicted molar refractivity (Wildman–Crippen MR) is 103 cm³/mol. The van der Waals surface area contributed by atoms with E-state index in [0.29, 0.717) is 22.5 Å². The Morgan fingerprint density at radius 1 is 1.34 bits per heavy atom. The van der Waals surface area contributed by atoms with E-state index in [0.717, 1.165) is 12.8 Å². The normalized spacial score (nSPS) is 16.0. The van der Waals surface area contributed by atoms with E-state index in [9.17, 15) is 14.9 Å². The zero-order chi connectivity index (χ0) is 20.4. The van der Waals surface area contributed by atoms with Crippen LogP contribution >= 0.6 is 11.3 Å². The van der Waals surface area contributed by atoms with Gasteiger partial charge in [0.15, 0.2) is 5.76 Å². The van der Waals surface area contributed by atoms with Crippen molar-refractivity contribution in [2.45, 2.75) is 18.9 Å². The van der Waals surface area contributed by atoms with Crippen molar-refractivity contribution in [2.24, 2.45) is 0 Å². The first-order valence-electron chi connectivity index (χ1n) is 8.74. The summed E-state index contributed by atoms with van der Waals surface area (Å²) in [6.45, 7) is 0.693. The smallest absolute Gasteiger partial charge is 0.293 e. The number of aromatic nitrogens is 2. The highest BCUT2D eigenvalue weighted by molar-refractivity contribution is 7.15.